The minimum absolute atomic E-state index is 0.125. The molecule has 0 saturated carbocycles. The molecule has 3 rings (SSSR count). The molecule has 1 aliphatic rings. The number of hydrogen-bond acceptors (Lipinski definition) is 8. The summed E-state index contributed by atoms with van der Waals surface area (Å²) in [5, 5.41) is 4.12. The van der Waals surface area contributed by atoms with Crippen molar-refractivity contribution in [3.8, 4) is 23.0 Å². The molecule has 0 aliphatic carbocycles. The molecule has 0 atom stereocenters. The van der Waals surface area contributed by atoms with Crippen LogP contribution in [0.25, 0.3) is 0 Å². The van der Waals surface area contributed by atoms with Crippen molar-refractivity contribution in [3.63, 3.8) is 0 Å². The minimum atomic E-state index is -0.556. The van der Waals surface area contributed by atoms with Gasteiger partial charge in [-0.15, -0.1) is 0 Å². The van der Waals surface area contributed by atoms with Crippen molar-refractivity contribution >= 4 is 29.7 Å². The lowest BCUT2D eigenvalue weighted by molar-refractivity contribution is -0.142. The molecule has 0 radical (unpaired) electrons. The molecule has 9 nitrogen and oxygen atoms in total. The van der Waals surface area contributed by atoms with Crippen molar-refractivity contribution < 1.29 is 33.3 Å². The molecule has 0 aromatic heterocycles. The average molecular weight is 421 g/mol. The zero-order valence-electron chi connectivity index (χ0n) is 15.6. The lowest BCUT2D eigenvalue weighted by atomic mass is 10.2. The molecule has 0 saturated heterocycles. The maximum absolute atomic E-state index is 12.2. The number of benzene rings is 2. The number of carbonyl (C=O) groups excluding carboxylic acids is 2. The van der Waals surface area contributed by atoms with Gasteiger partial charge in [0.15, 0.2) is 29.6 Å². The first-order chi connectivity index (χ1) is 14.0. The summed E-state index contributed by atoms with van der Waals surface area (Å²) in [5.74, 6) is 0.601. The van der Waals surface area contributed by atoms with Crippen molar-refractivity contribution in [1.29, 1.82) is 0 Å². The SMILES string of the molecule is COC(=O)COc1c(Cl)cc(/C=N\NC(=O)c2ccc3c(c2)OCO3)cc1OC. The molecule has 152 valence electrons. The molecule has 2 aromatic carbocycles. The summed E-state index contributed by atoms with van der Waals surface area (Å²) in [6.07, 6.45) is 1.39. The number of hydrazone groups is 1. The lowest BCUT2D eigenvalue weighted by Gasteiger charge is -2.12. The van der Waals surface area contributed by atoms with Gasteiger partial charge in [0.1, 0.15) is 0 Å². The predicted molar refractivity (Wildman–Crippen MR) is 103 cm³/mol. The van der Waals surface area contributed by atoms with Gasteiger partial charge in [-0.1, -0.05) is 11.6 Å². The number of ether oxygens (including phenoxy) is 5. The summed E-state index contributed by atoms with van der Waals surface area (Å²) in [4.78, 5) is 23.5. The van der Waals surface area contributed by atoms with E-state index in [1.807, 2.05) is 0 Å². The van der Waals surface area contributed by atoms with Crippen LogP contribution in [0.15, 0.2) is 35.4 Å². The third-order valence-corrected chi connectivity index (χ3v) is 4.11. The van der Waals surface area contributed by atoms with Gasteiger partial charge in [-0.2, -0.15) is 5.10 Å². The molecule has 10 heteroatoms. The van der Waals surface area contributed by atoms with Crippen LogP contribution in [0.4, 0.5) is 0 Å². The first-order valence-corrected chi connectivity index (χ1v) is 8.70. The van der Waals surface area contributed by atoms with Crippen molar-refractivity contribution in [3.05, 3.63) is 46.5 Å². The van der Waals surface area contributed by atoms with Gasteiger partial charge >= 0.3 is 5.97 Å². The van der Waals surface area contributed by atoms with Crippen LogP contribution >= 0.6 is 11.6 Å². The van der Waals surface area contributed by atoms with Crippen LogP contribution in [0.5, 0.6) is 23.0 Å². The molecule has 29 heavy (non-hydrogen) atoms. The number of hydrogen-bond donors (Lipinski definition) is 1. The highest BCUT2D eigenvalue weighted by molar-refractivity contribution is 6.32. The normalized spacial score (nSPS) is 12.0. The van der Waals surface area contributed by atoms with E-state index in [0.29, 0.717) is 28.4 Å². The largest absolute Gasteiger partial charge is 0.493 e. The fourth-order valence-corrected chi connectivity index (χ4v) is 2.69. The van der Waals surface area contributed by atoms with E-state index < -0.39 is 11.9 Å². The summed E-state index contributed by atoms with van der Waals surface area (Å²) >= 11 is 6.20. The molecular weight excluding hydrogens is 404 g/mol. The Bertz CT molecular complexity index is 962. The number of amides is 1. The smallest absolute Gasteiger partial charge is 0.343 e. The van der Waals surface area contributed by atoms with Crippen LogP contribution in [0.1, 0.15) is 15.9 Å². The molecule has 1 heterocycles. The number of methoxy groups -OCH3 is 2. The van der Waals surface area contributed by atoms with E-state index in [1.165, 1.54) is 20.4 Å². The second kappa shape index (κ2) is 9.16. The Morgan fingerprint density at radius 3 is 2.76 bits per heavy atom. The number of nitrogens with zero attached hydrogens (tertiary/aromatic N) is 1. The Kier molecular flexibility index (Phi) is 6.40. The van der Waals surface area contributed by atoms with Crippen LogP contribution in [-0.2, 0) is 9.53 Å². The number of nitrogens with one attached hydrogen (secondary N) is 1. The van der Waals surface area contributed by atoms with Crippen molar-refractivity contribution in [1.82, 2.24) is 5.43 Å². The van der Waals surface area contributed by atoms with E-state index >= 15 is 0 Å². The van der Waals surface area contributed by atoms with Gasteiger partial charge < -0.3 is 23.7 Å². The monoisotopic (exact) mass is 420 g/mol. The van der Waals surface area contributed by atoms with Gasteiger partial charge in [0.05, 0.1) is 25.5 Å². The van der Waals surface area contributed by atoms with Crippen LogP contribution in [0, 0.1) is 0 Å². The molecule has 2 aromatic rings. The van der Waals surface area contributed by atoms with Crippen LogP contribution in [0.3, 0.4) is 0 Å². The van der Waals surface area contributed by atoms with Gasteiger partial charge in [0, 0.05) is 5.56 Å². The molecule has 1 aliphatic heterocycles. The van der Waals surface area contributed by atoms with Gasteiger partial charge in [0.25, 0.3) is 5.91 Å². The lowest BCUT2D eigenvalue weighted by Crippen LogP contribution is -2.17. The molecule has 1 amide bonds. The van der Waals surface area contributed by atoms with Gasteiger partial charge in [-0.25, -0.2) is 10.2 Å². The van der Waals surface area contributed by atoms with E-state index in [9.17, 15) is 9.59 Å². The fraction of sp³-hybridized carbons (Fsp3) is 0.211. The molecule has 1 N–H and O–H groups in total. The Balaban J connectivity index is 1.67. The van der Waals surface area contributed by atoms with Crippen molar-refractivity contribution in [2.24, 2.45) is 5.10 Å². The van der Waals surface area contributed by atoms with E-state index in [0.717, 1.165) is 0 Å². The van der Waals surface area contributed by atoms with Crippen molar-refractivity contribution in [2.45, 2.75) is 0 Å². The van der Waals surface area contributed by atoms with E-state index in [2.05, 4.69) is 15.3 Å². The summed E-state index contributed by atoms with van der Waals surface area (Å²) in [5.41, 5.74) is 3.33. The molecule has 0 bridgehead atoms. The minimum Gasteiger partial charge on any atom is -0.493 e. The quantitative estimate of drug-likeness (QED) is 0.416. The maximum atomic E-state index is 12.2. The number of fused-ring (bicyclic) bond motifs is 1. The average Bonchev–Trinajstić information content (AvgIpc) is 3.20. The maximum Gasteiger partial charge on any atom is 0.343 e. The van der Waals surface area contributed by atoms with Crippen LogP contribution in [-0.4, -0.2) is 45.7 Å². The zero-order valence-corrected chi connectivity index (χ0v) is 16.3. The van der Waals surface area contributed by atoms with Crippen molar-refractivity contribution in [2.75, 3.05) is 27.6 Å². The number of esters is 1. The third kappa shape index (κ3) is 4.88. The van der Waals surface area contributed by atoms with Gasteiger partial charge in [-0.3, -0.25) is 4.79 Å². The van der Waals surface area contributed by atoms with E-state index in [4.69, 9.17) is 30.5 Å². The Labute approximate surface area is 171 Å². The second-order valence-electron chi connectivity index (χ2n) is 5.67. The number of carbonyl (C=O) groups is 2. The summed E-state index contributed by atoms with van der Waals surface area (Å²) < 4.78 is 25.5. The summed E-state index contributed by atoms with van der Waals surface area (Å²) in [6, 6.07) is 7.96. The Morgan fingerprint density at radius 1 is 1.21 bits per heavy atom. The predicted octanol–water partition coefficient (Wildman–Crippen LogP) is 2.39. The van der Waals surface area contributed by atoms with E-state index in [-0.39, 0.29) is 24.2 Å². The third-order valence-electron chi connectivity index (χ3n) is 3.83. The van der Waals surface area contributed by atoms with Crippen LogP contribution < -0.4 is 24.4 Å². The zero-order chi connectivity index (χ0) is 20.8. The summed E-state index contributed by atoms with van der Waals surface area (Å²) in [6.45, 7) is -0.188. The standard InChI is InChI=1S/C19H17ClN2O7/c1-25-16-6-11(5-13(20)18(16)27-9-17(23)26-2)8-21-22-19(24)12-3-4-14-15(7-12)29-10-28-14/h3-8H,9-10H2,1-2H3,(H,22,24)/b21-8-. The molecule has 0 unspecified atom stereocenters. The van der Waals surface area contributed by atoms with Gasteiger partial charge in [-0.05, 0) is 35.9 Å². The highest BCUT2D eigenvalue weighted by Gasteiger charge is 2.16. The molecule has 0 fully saturated rings. The highest BCUT2D eigenvalue weighted by atomic mass is 35.5. The molecule has 0 spiro atoms. The number of halogens is 1. The first kappa shape index (κ1) is 20.3. The Morgan fingerprint density at radius 2 is 2.00 bits per heavy atom. The van der Waals surface area contributed by atoms with Crippen LogP contribution in [0.2, 0.25) is 5.02 Å². The fourth-order valence-electron chi connectivity index (χ4n) is 2.41. The van der Waals surface area contributed by atoms with Gasteiger partial charge in [0.2, 0.25) is 6.79 Å². The topological polar surface area (TPSA) is 105 Å². The first-order valence-electron chi connectivity index (χ1n) is 8.32. The molecular formula is C19H17ClN2O7. The number of rotatable bonds is 7. The van der Waals surface area contributed by atoms with E-state index in [1.54, 1.807) is 30.3 Å². The second-order valence-corrected chi connectivity index (χ2v) is 6.07. The summed E-state index contributed by atoms with van der Waals surface area (Å²) in [7, 11) is 2.68. The highest BCUT2D eigenvalue weighted by Crippen LogP contribution is 2.36. The Hall–Kier alpha value is -3.46.